The highest BCUT2D eigenvalue weighted by Crippen LogP contribution is 2.18. The number of anilines is 2. The predicted octanol–water partition coefficient (Wildman–Crippen LogP) is 4.72. The SMILES string of the molecule is O=C(Nc1cccc(Cl)c1)Nc1ccccc1CCl. The molecular weight excluding hydrogens is 283 g/mol. The van der Waals surface area contributed by atoms with Crippen LogP contribution in [0.4, 0.5) is 16.2 Å². The van der Waals surface area contributed by atoms with Gasteiger partial charge in [0.2, 0.25) is 0 Å². The number of amides is 2. The summed E-state index contributed by atoms with van der Waals surface area (Å²) in [6.07, 6.45) is 0. The van der Waals surface area contributed by atoms with Crippen LogP contribution in [-0.2, 0) is 5.88 Å². The van der Waals surface area contributed by atoms with Crippen LogP contribution in [0.1, 0.15) is 5.56 Å². The van der Waals surface area contributed by atoms with E-state index in [1.807, 2.05) is 18.2 Å². The Morgan fingerprint density at radius 1 is 1.05 bits per heavy atom. The molecule has 19 heavy (non-hydrogen) atoms. The Balaban J connectivity index is 2.05. The fourth-order valence-corrected chi connectivity index (χ4v) is 2.03. The lowest BCUT2D eigenvalue weighted by atomic mass is 10.2. The maximum absolute atomic E-state index is 11.9. The lowest BCUT2D eigenvalue weighted by molar-refractivity contribution is 0.262. The highest BCUT2D eigenvalue weighted by atomic mass is 35.5. The molecule has 2 N–H and O–H groups in total. The number of carbonyl (C=O) groups is 1. The van der Waals surface area contributed by atoms with Crippen LogP contribution in [0.25, 0.3) is 0 Å². The van der Waals surface area contributed by atoms with Gasteiger partial charge in [-0.05, 0) is 29.8 Å². The third kappa shape index (κ3) is 3.88. The third-order valence-corrected chi connectivity index (χ3v) is 3.02. The lowest BCUT2D eigenvalue weighted by Crippen LogP contribution is -2.20. The minimum Gasteiger partial charge on any atom is -0.308 e. The first-order valence-corrected chi connectivity index (χ1v) is 6.58. The largest absolute Gasteiger partial charge is 0.323 e. The van der Waals surface area contributed by atoms with Crippen molar-refractivity contribution in [3.8, 4) is 0 Å². The Morgan fingerprint density at radius 2 is 1.84 bits per heavy atom. The molecule has 2 aromatic rings. The second-order valence-corrected chi connectivity index (χ2v) is 4.58. The van der Waals surface area contributed by atoms with Crippen molar-refractivity contribution < 1.29 is 4.79 Å². The van der Waals surface area contributed by atoms with Gasteiger partial charge in [0.25, 0.3) is 0 Å². The van der Waals surface area contributed by atoms with Crippen molar-refractivity contribution in [2.45, 2.75) is 5.88 Å². The number of hydrogen-bond donors (Lipinski definition) is 2. The van der Waals surface area contributed by atoms with E-state index in [9.17, 15) is 4.79 Å². The smallest absolute Gasteiger partial charge is 0.308 e. The fraction of sp³-hybridized carbons (Fsp3) is 0.0714. The van der Waals surface area contributed by atoms with Gasteiger partial charge < -0.3 is 10.6 Å². The first-order chi connectivity index (χ1) is 9.19. The van der Waals surface area contributed by atoms with Gasteiger partial charge in [-0.3, -0.25) is 0 Å². The molecule has 3 nitrogen and oxygen atoms in total. The normalized spacial score (nSPS) is 10.0. The van der Waals surface area contributed by atoms with E-state index >= 15 is 0 Å². The molecule has 0 fully saturated rings. The van der Waals surface area contributed by atoms with Crippen LogP contribution in [0.3, 0.4) is 0 Å². The maximum atomic E-state index is 11.9. The molecule has 2 aromatic carbocycles. The van der Waals surface area contributed by atoms with Gasteiger partial charge in [0.15, 0.2) is 0 Å². The number of rotatable bonds is 3. The van der Waals surface area contributed by atoms with Crippen LogP contribution in [0.2, 0.25) is 5.02 Å². The topological polar surface area (TPSA) is 41.1 Å². The van der Waals surface area contributed by atoms with Crippen molar-refractivity contribution in [3.63, 3.8) is 0 Å². The van der Waals surface area contributed by atoms with Gasteiger partial charge in [0.05, 0.1) is 0 Å². The Labute approximate surface area is 121 Å². The number of nitrogens with one attached hydrogen (secondary N) is 2. The summed E-state index contributed by atoms with van der Waals surface area (Å²) >= 11 is 11.7. The van der Waals surface area contributed by atoms with Crippen molar-refractivity contribution >= 4 is 40.6 Å². The van der Waals surface area contributed by atoms with Gasteiger partial charge in [-0.15, -0.1) is 11.6 Å². The molecule has 0 heterocycles. The molecule has 0 radical (unpaired) electrons. The number of para-hydroxylation sites is 1. The van der Waals surface area contributed by atoms with Gasteiger partial charge in [0.1, 0.15) is 0 Å². The number of alkyl halides is 1. The number of urea groups is 1. The zero-order chi connectivity index (χ0) is 13.7. The highest BCUT2D eigenvalue weighted by molar-refractivity contribution is 6.30. The first-order valence-electron chi connectivity index (χ1n) is 5.66. The summed E-state index contributed by atoms with van der Waals surface area (Å²) in [7, 11) is 0. The predicted molar refractivity (Wildman–Crippen MR) is 80.1 cm³/mol. The van der Waals surface area contributed by atoms with Crippen molar-refractivity contribution in [3.05, 3.63) is 59.1 Å². The third-order valence-electron chi connectivity index (χ3n) is 2.49. The van der Waals surface area contributed by atoms with E-state index in [1.165, 1.54) is 0 Å². The van der Waals surface area contributed by atoms with Gasteiger partial charge >= 0.3 is 6.03 Å². The molecular formula is C14H12Cl2N2O. The van der Waals surface area contributed by atoms with Crippen molar-refractivity contribution in [2.75, 3.05) is 10.6 Å². The van der Waals surface area contributed by atoms with Gasteiger partial charge in [0, 0.05) is 22.3 Å². The number of hydrogen-bond acceptors (Lipinski definition) is 1. The number of halogens is 2. The van der Waals surface area contributed by atoms with Crippen LogP contribution in [-0.4, -0.2) is 6.03 Å². The molecule has 0 saturated carbocycles. The summed E-state index contributed by atoms with van der Waals surface area (Å²) in [5.41, 5.74) is 2.19. The van der Waals surface area contributed by atoms with Gasteiger partial charge in [-0.1, -0.05) is 35.9 Å². The zero-order valence-electron chi connectivity index (χ0n) is 9.99. The van der Waals surface area contributed by atoms with E-state index in [0.717, 1.165) is 5.56 Å². The van der Waals surface area contributed by atoms with E-state index in [0.29, 0.717) is 22.3 Å². The molecule has 0 saturated heterocycles. The average molecular weight is 295 g/mol. The van der Waals surface area contributed by atoms with Gasteiger partial charge in [-0.25, -0.2) is 4.79 Å². The Bertz CT molecular complexity index is 587. The van der Waals surface area contributed by atoms with E-state index in [4.69, 9.17) is 23.2 Å². The summed E-state index contributed by atoms with van der Waals surface area (Å²) in [4.78, 5) is 11.9. The van der Waals surface area contributed by atoms with E-state index < -0.39 is 0 Å². The number of benzene rings is 2. The summed E-state index contributed by atoms with van der Waals surface area (Å²) in [5, 5.41) is 6.03. The quantitative estimate of drug-likeness (QED) is 0.790. The first kappa shape index (κ1) is 13.7. The average Bonchev–Trinajstić information content (AvgIpc) is 2.39. The Kier molecular flexibility index (Phi) is 4.66. The number of carbonyl (C=O) groups excluding carboxylic acids is 1. The molecule has 0 aliphatic rings. The highest BCUT2D eigenvalue weighted by Gasteiger charge is 2.06. The maximum Gasteiger partial charge on any atom is 0.323 e. The molecule has 0 aromatic heterocycles. The van der Waals surface area contributed by atoms with Crippen LogP contribution in [0, 0.1) is 0 Å². The zero-order valence-corrected chi connectivity index (χ0v) is 11.5. The Hall–Kier alpha value is -1.71. The summed E-state index contributed by atoms with van der Waals surface area (Å²) in [6, 6.07) is 14.0. The lowest BCUT2D eigenvalue weighted by Gasteiger charge is -2.10. The summed E-state index contributed by atoms with van der Waals surface area (Å²) in [5.74, 6) is 0.341. The van der Waals surface area contributed by atoms with E-state index in [1.54, 1.807) is 30.3 Å². The van der Waals surface area contributed by atoms with Crippen LogP contribution >= 0.6 is 23.2 Å². The minimum atomic E-state index is -0.333. The van der Waals surface area contributed by atoms with Crippen LogP contribution < -0.4 is 10.6 Å². The molecule has 0 aliphatic carbocycles. The second-order valence-electron chi connectivity index (χ2n) is 3.88. The standard InChI is InChI=1S/C14H12Cl2N2O/c15-9-10-4-1-2-7-13(10)18-14(19)17-12-6-3-5-11(16)8-12/h1-8H,9H2,(H2,17,18,19). The van der Waals surface area contributed by atoms with Crippen molar-refractivity contribution in [1.82, 2.24) is 0 Å². The van der Waals surface area contributed by atoms with Gasteiger partial charge in [-0.2, -0.15) is 0 Å². The van der Waals surface area contributed by atoms with Crippen molar-refractivity contribution in [2.24, 2.45) is 0 Å². The van der Waals surface area contributed by atoms with Crippen LogP contribution in [0.5, 0.6) is 0 Å². The molecule has 0 aliphatic heterocycles. The molecule has 98 valence electrons. The summed E-state index contributed by atoms with van der Waals surface area (Å²) < 4.78 is 0. The summed E-state index contributed by atoms with van der Waals surface area (Å²) in [6.45, 7) is 0. The molecule has 5 heteroatoms. The van der Waals surface area contributed by atoms with E-state index in [2.05, 4.69) is 10.6 Å². The monoisotopic (exact) mass is 294 g/mol. The molecule has 0 spiro atoms. The molecule has 2 amide bonds. The molecule has 0 unspecified atom stereocenters. The molecule has 0 bridgehead atoms. The fourth-order valence-electron chi connectivity index (χ4n) is 1.61. The molecule has 0 atom stereocenters. The van der Waals surface area contributed by atoms with Crippen LogP contribution in [0.15, 0.2) is 48.5 Å². The van der Waals surface area contributed by atoms with E-state index in [-0.39, 0.29) is 6.03 Å². The second kappa shape index (κ2) is 6.45. The van der Waals surface area contributed by atoms with Crippen molar-refractivity contribution in [1.29, 1.82) is 0 Å². The minimum absolute atomic E-state index is 0.333. The molecule has 2 rings (SSSR count). The Morgan fingerprint density at radius 3 is 2.58 bits per heavy atom.